The van der Waals surface area contributed by atoms with Crippen molar-refractivity contribution in [2.24, 2.45) is 0 Å². The van der Waals surface area contributed by atoms with Crippen LogP contribution in [0.25, 0.3) is 0 Å². The number of rotatable bonds is 10. The predicted octanol–water partition coefficient (Wildman–Crippen LogP) is 0.872. The van der Waals surface area contributed by atoms with Gasteiger partial charge in [-0.3, -0.25) is 14.6 Å². The fraction of sp³-hybridized carbons (Fsp3) is 0.600. The van der Waals surface area contributed by atoms with Gasteiger partial charge in [0, 0.05) is 45.6 Å². The summed E-state index contributed by atoms with van der Waals surface area (Å²) in [6.45, 7) is 3.99. The Morgan fingerprint density at radius 2 is 2.14 bits per heavy atom. The summed E-state index contributed by atoms with van der Waals surface area (Å²) in [5, 5.41) is 2.74. The number of hydrogen-bond donors (Lipinski definition) is 1. The lowest BCUT2D eigenvalue weighted by atomic mass is 10.2. The molecular formula is C15H24N4O3. The van der Waals surface area contributed by atoms with Crippen molar-refractivity contribution in [3.05, 3.63) is 24.3 Å². The summed E-state index contributed by atoms with van der Waals surface area (Å²) in [6, 6.07) is 0. The van der Waals surface area contributed by atoms with Gasteiger partial charge in [-0.05, 0) is 6.42 Å². The Labute approximate surface area is 131 Å². The Bertz CT molecular complexity index is 453. The Morgan fingerprint density at radius 1 is 1.32 bits per heavy atom. The van der Waals surface area contributed by atoms with Gasteiger partial charge in [0.05, 0.1) is 12.8 Å². The maximum Gasteiger partial charge on any atom is 0.274 e. The largest absolute Gasteiger partial charge is 0.383 e. The number of methoxy groups -OCH3 is 1. The minimum atomic E-state index is -0.189. The van der Waals surface area contributed by atoms with E-state index in [1.807, 2.05) is 0 Å². The molecular weight excluding hydrogens is 284 g/mol. The van der Waals surface area contributed by atoms with Gasteiger partial charge >= 0.3 is 0 Å². The standard InChI is InChI=1S/C15H24N4O3/c1-3-4-9-19(10-5-14(20)18-8-11-22-2)15(21)13-12-16-6-7-17-13/h6-7,12H,3-5,8-11H2,1-2H3,(H,18,20). The molecule has 0 bridgehead atoms. The van der Waals surface area contributed by atoms with Crippen molar-refractivity contribution in [1.29, 1.82) is 0 Å². The summed E-state index contributed by atoms with van der Waals surface area (Å²) in [6.07, 6.45) is 6.58. The van der Waals surface area contributed by atoms with Gasteiger partial charge in [-0.15, -0.1) is 0 Å². The number of nitrogens with zero attached hydrogens (tertiary/aromatic N) is 3. The molecule has 0 aliphatic rings. The molecule has 1 heterocycles. The highest BCUT2D eigenvalue weighted by Gasteiger charge is 2.17. The zero-order valence-electron chi connectivity index (χ0n) is 13.2. The summed E-state index contributed by atoms with van der Waals surface area (Å²) in [4.78, 5) is 33.7. The fourth-order valence-electron chi connectivity index (χ4n) is 1.85. The lowest BCUT2D eigenvalue weighted by Gasteiger charge is -2.21. The van der Waals surface area contributed by atoms with Gasteiger partial charge in [0.25, 0.3) is 5.91 Å². The minimum Gasteiger partial charge on any atom is -0.383 e. The average Bonchev–Trinajstić information content (AvgIpc) is 2.55. The first-order chi connectivity index (χ1) is 10.7. The number of aromatic nitrogens is 2. The summed E-state index contributed by atoms with van der Waals surface area (Å²) < 4.78 is 4.87. The molecule has 22 heavy (non-hydrogen) atoms. The minimum absolute atomic E-state index is 0.0921. The van der Waals surface area contributed by atoms with Gasteiger partial charge in [0.2, 0.25) is 5.91 Å². The van der Waals surface area contributed by atoms with E-state index < -0.39 is 0 Å². The van der Waals surface area contributed by atoms with Crippen LogP contribution in [0.3, 0.4) is 0 Å². The van der Waals surface area contributed by atoms with Gasteiger partial charge in [-0.25, -0.2) is 4.98 Å². The van der Waals surface area contributed by atoms with Crippen molar-refractivity contribution < 1.29 is 14.3 Å². The molecule has 0 aliphatic carbocycles. The normalized spacial score (nSPS) is 10.3. The van der Waals surface area contributed by atoms with Crippen LogP contribution < -0.4 is 5.32 Å². The molecule has 0 fully saturated rings. The zero-order chi connectivity index (χ0) is 16.2. The monoisotopic (exact) mass is 308 g/mol. The van der Waals surface area contributed by atoms with Crippen LogP contribution in [-0.2, 0) is 9.53 Å². The lowest BCUT2D eigenvalue weighted by molar-refractivity contribution is -0.121. The number of unbranched alkanes of at least 4 members (excludes halogenated alkanes) is 1. The van der Waals surface area contributed by atoms with Crippen molar-refractivity contribution >= 4 is 11.8 Å². The van der Waals surface area contributed by atoms with E-state index in [0.717, 1.165) is 12.8 Å². The van der Waals surface area contributed by atoms with E-state index in [0.29, 0.717) is 31.9 Å². The number of carbonyl (C=O) groups excluding carboxylic acids is 2. The first kappa shape index (κ1) is 18.0. The molecule has 1 aromatic heterocycles. The summed E-state index contributed by atoms with van der Waals surface area (Å²) in [7, 11) is 1.58. The molecule has 0 atom stereocenters. The molecule has 7 heteroatoms. The third-order valence-electron chi connectivity index (χ3n) is 3.09. The molecule has 0 saturated heterocycles. The topological polar surface area (TPSA) is 84.4 Å². The highest BCUT2D eigenvalue weighted by molar-refractivity contribution is 5.92. The van der Waals surface area contributed by atoms with Crippen LogP contribution >= 0.6 is 0 Å². The Hall–Kier alpha value is -2.02. The average molecular weight is 308 g/mol. The third kappa shape index (κ3) is 6.62. The van der Waals surface area contributed by atoms with Gasteiger partial charge in [0.1, 0.15) is 5.69 Å². The second-order valence-electron chi connectivity index (χ2n) is 4.83. The predicted molar refractivity (Wildman–Crippen MR) is 82.3 cm³/mol. The molecule has 1 N–H and O–H groups in total. The van der Waals surface area contributed by atoms with Gasteiger partial charge in [0.15, 0.2) is 0 Å². The first-order valence-corrected chi connectivity index (χ1v) is 7.50. The Kier molecular flexibility index (Phi) is 8.74. The molecule has 0 unspecified atom stereocenters. The Morgan fingerprint density at radius 3 is 2.77 bits per heavy atom. The second kappa shape index (κ2) is 10.7. The highest BCUT2D eigenvalue weighted by atomic mass is 16.5. The molecule has 2 amide bonds. The molecule has 0 radical (unpaired) electrons. The van der Waals surface area contributed by atoms with Crippen molar-refractivity contribution in [2.75, 3.05) is 33.4 Å². The molecule has 1 rings (SSSR count). The van der Waals surface area contributed by atoms with Gasteiger partial charge in [-0.1, -0.05) is 13.3 Å². The SMILES string of the molecule is CCCCN(CCC(=O)NCCOC)C(=O)c1cnccn1. The number of hydrogen-bond acceptors (Lipinski definition) is 5. The van der Waals surface area contributed by atoms with Crippen LogP contribution in [0.5, 0.6) is 0 Å². The van der Waals surface area contributed by atoms with E-state index in [4.69, 9.17) is 4.74 Å². The lowest BCUT2D eigenvalue weighted by Crippen LogP contribution is -2.37. The number of carbonyl (C=O) groups is 2. The maximum atomic E-state index is 12.4. The van der Waals surface area contributed by atoms with Crippen LogP contribution in [0.1, 0.15) is 36.7 Å². The van der Waals surface area contributed by atoms with Crippen LogP contribution in [0.2, 0.25) is 0 Å². The number of amides is 2. The van der Waals surface area contributed by atoms with Crippen molar-refractivity contribution in [3.63, 3.8) is 0 Å². The second-order valence-corrected chi connectivity index (χ2v) is 4.83. The molecule has 1 aromatic rings. The highest BCUT2D eigenvalue weighted by Crippen LogP contribution is 2.04. The fourth-order valence-corrected chi connectivity index (χ4v) is 1.85. The number of ether oxygens (including phenoxy) is 1. The quantitative estimate of drug-likeness (QED) is 0.648. The van der Waals surface area contributed by atoms with E-state index in [9.17, 15) is 9.59 Å². The first-order valence-electron chi connectivity index (χ1n) is 7.50. The van der Waals surface area contributed by atoms with Crippen molar-refractivity contribution in [1.82, 2.24) is 20.2 Å². The zero-order valence-corrected chi connectivity index (χ0v) is 13.2. The molecule has 7 nitrogen and oxygen atoms in total. The van der Waals surface area contributed by atoms with Crippen LogP contribution in [0.15, 0.2) is 18.6 Å². The smallest absolute Gasteiger partial charge is 0.274 e. The number of nitrogens with one attached hydrogen (secondary N) is 1. The molecule has 0 spiro atoms. The van der Waals surface area contributed by atoms with Crippen LogP contribution in [-0.4, -0.2) is 60.0 Å². The van der Waals surface area contributed by atoms with Crippen LogP contribution in [0.4, 0.5) is 0 Å². The van der Waals surface area contributed by atoms with Crippen LogP contribution in [0, 0.1) is 0 Å². The van der Waals surface area contributed by atoms with E-state index in [1.165, 1.54) is 18.6 Å². The molecule has 122 valence electrons. The molecule has 0 aliphatic heterocycles. The van der Waals surface area contributed by atoms with Crippen molar-refractivity contribution in [2.45, 2.75) is 26.2 Å². The van der Waals surface area contributed by atoms with Crippen molar-refractivity contribution in [3.8, 4) is 0 Å². The molecule has 0 aromatic carbocycles. The third-order valence-corrected chi connectivity index (χ3v) is 3.09. The summed E-state index contributed by atoms with van der Waals surface area (Å²) in [5.74, 6) is -0.281. The van der Waals surface area contributed by atoms with E-state index in [-0.39, 0.29) is 18.2 Å². The maximum absolute atomic E-state index is 12.4. The van der Waals surface area contributed by atoms with E-state index in [1.54, 1.807) is 12.0 Å². The van der Waals surface area contributed by atoms with Gasteiger partial charge < -0.3 is 15.0 Å². The van der Waals surface area contributed by atoms with E-state index >= 15 is 0 Å². The summed E-state index contributed by atoms with van der Waals surface area (Å²) in [5.41, 5.74) is 0.304. The summed E-state index contributed by atoms with van der Waals surface area (Å²) >= 11 is 0. The van der Waals surface area contributed by atoms with E-state index in [2.05, 4.69) is 22.2 Å². The molecule has 0 saturated carbocycles. The van der Waals surface area contributed by atoms with Gasteiger partial charge in [-0.2, -0.15) is 0 Å². The Balaban J connectivity index is 2.53.